The van der Waals surface area contributed by atoms with E-state index in [9.17, 15) is 4.79 Å². The summed E-state index contributed by atoms with van der Waals surface area (Å²) in [4.78, 5) is 12.8. The van der Waals surface area contributed by atoms with Crippen LogP contribution in [-0.2, 0) is 9.53 Å². The van der Waals surface area contributed by atoms with Gasteiger partial charge in [0.1, 0.15) is 0 Å². The van der Waals surface area contributed by atoms with Crippen molar-refractivity contribution in [1.82, 2.24) is 4.90 Å². The highest BCUT2D eigenvalue weighted by molar-refractivity contribution is 5.66. The van der Waals surface area contributed by atoms with Gasteiger partial charge in [-0.2, -0.15) is 0 Å². The number of carbonyl (C=O) groups is 1. The molecule has 1 aliphatic heterocycles. The highest BCUT2D eigenvalue weighted by Crippen LogP contribution is 2.20. The second-order valence-corrected chi connectivity index (χ2v) is 4.58. The minimum atomic E-state index is -0.701. The zero-order chi connectivity index (χ0) is 12.5. The molecular weight excluding hydrogens is 222 g/mol. The standard InChI is InChI=1S/C12H23NO4/c14-7-9-17-8-6-13-5-1-2-11(10-13)3-4-12(15)16/h11,14H,1-10H2,(H,15,16). The molecule has 1 unspecified atom stereocenters. The molecule has 0 saturated carbocycles. The molecule has 1 saturated heterocycles. The van der Waals surface area contributed by atoms with Crippen molar-refractivity contribution in [3.8, 4) is 0 Å². The van der Waals surface area contributed by atoms with E-state index < -0.39 is 5.97 Å². The predicted octanol–water partition coefficient (Wildman–Crippen LogP) is 0.572. The first kappa shape index (κ1) is 14.4. The van der Waals surface area contributed by atoms with Crippen LogP contribution in [0.15, 0.2) is 0 Å². The molecule has 5 heteroatoms. The Balaban J connectivity index is 2.12. The van der Waals surface area contributed by atoms with Crippen LogP contribution in [0.3, 0.4) is 0 Å². The molecule has 5 nitrogen and oxygen atoms in total. The van der Waals surface area contributed by atoms with Crippen LogP contribution in [0.5, 0.6) is 0 Å². The molecule has 0 aromatic carbocycles. The summed E-state index contributed by atoms with van der Waals surface area (Å²) in [7, 11) is 0. The van der Waals surface area contributed by atoms with Gasteiger partial charge in [0.25, 0.3) is 0 Å². The van der Waals surface area contributed by atoms with Crippen molar-refractivity contribution >= 4 is 5.97 Å². The number of likely N-dealkylation sites (tertiary alicyclic amines) is 1. The van der Waals surface area contributed by atoms with E-state index in [4.69, 9.17) is 14.9 Å². The smallest absolute Gasteiger partial charge is 0.303 e. The first-order valence-electron chi connectivity index (χ1n) is 6.35. The second kappa shape index (κ2) is 8.44. The van der Waals surface area contributed by atoms with Gasteiger partial charge in [0, 0.05) is 19.5 Å². The van der Waals surface area contributed by atoms with Crippen LogP contribution in [0.4, 0.5) is 0 Å². The van der Waals surface area contributed by atoms with Gasteiger partial charge < -0.3 is 19.8 Å². The molecular formula is C12H23NO4. The number of piperidine rings is 1. The third-order valence-corrected chi connectivity index (χ3v) is 3.16. The van der Waals surface area contributed by atoms with Gasteiger partial charge in [-0.05, 0) is 31.7 Å². The minimum absolute atomic E-state index is 0.0707. The van der Waals surface area contributed by atoms with Gasteiger partial charge >= 0.3 is 5.97 Å². The van der Waals surface area contributed by atoms with E-state index in [2.05, 4.69) is 4.90 Å². The largest absolute Gasteiger partial charge is 0.481 e. The lowest BCUT2D eigenvalue weighted by Gasteiger charge is -2.32. The Morgan fingerprint density at radius 1 is 1.41 bits per heavy atom. The third-order valence-electron chi connectivity index (χ3n) is 3.16. The maximum Gasteiger partial charge on any atom is 0.303 e. The molecule has 1 heterocycles. The Hall–Kier alpha value is -0.650. The predicted molar refractivity (Wildman–Crippen MR) is 63.9 cm³/mol. The number of carboxylic acids is 1. The molecule has 0 aromatic rings. The normalized spacial score (nSPS) is 21.6. The fourth-order valence-corrected chi connectivity index (χ4v) is 2.28. The number of aliphatic hydroxyl groups excluding tert-OH is 1. The highest BCUT2D eigenvalue weighted by Gasteiger charge is 2.19. The lowest BCUT2D eigenvalue weighted by molar-refractivity contribution is -0.137. The summed E-state index contributed by atoms with van der Waals surface area (Å²) >= 11 is 0. The van der Waals surface area contributed by atoms with Gasteiger partial charge in [0.05, 0.1) is 19.8 Å². The summed E-state index contributed by atoms with van der Waals surface area (Å²) in [5, 5.41) is 17.2. The van der Waals surface area contributed by atoms with Crippen molar-refractivity contribution in [3.05, 3.63) is 0 Å². The summed E-state index contributed by atoms with van der Waals surface area (Å²) in [5.41, 5.74) is 0. The van der Waals surface area contributed by atoms with Crippen LogP contribution in [0.1, 0.15) is 25.7 Å². The topological polar surface area (TPSA) is 70.0 Å². The molecule has 2 N–H and O–H groups in total. The van der Waals surface area contributed by atoms with E-state index in [1.807, 2.05) is 0 Å². The minimum Gasteiger partial charge on any atom is -0.481 e. The number of aliphatic carboxylic acids is 1. The summed E-state index contributed by atoms with van der Waals surface area (Å²) in [5.74, 6) is -0.189. The SMILES string of the molecule is O=C(O)CCC1CCCN(CCOCCO)C1. The Morgan fingerprint density at radius 2 is 2.24 bits per heavy atom. The van der Waals surface area contributed by atoms with Gasteiger partial charge in [-0.15, -0.1) is 0 Å². The number of hydrogen-bond donors (Lipinski definition) is 2. The van der Waals surface area contributed by atoms with Crippen molar-refractivity contribution < 1.29 is 19.7 Å². The third kappa shape index (κ3) is 6.61. The first-order valence-corrected chi connectivity index (χ1v) is 6.35. The van der Waals surface area contributed by atoms with Gasteiger partial charge in [0.2, 0.25) is 0 Å². The van der Waals surface area contributed by atoms with E-state index in [-0.39, 0.29) is 13.0 Å². The average molecular weight is 245 g/mol. The fourth-order valence-electron chi connectivity index (χ4n) is 2.28. The van der Waals surface area contributed by atoms with E-state index >= 15 is 0 Å². The van der Waals surface area contributed by atoms with Crippen molar-refractivity contribution in [2.45, 2.75) is 25.7 Å². The second-order valence-electron chi connectivity index (χ2n) is 4.58. The maximum absolute atomic E-state index is 10.5. The molecule has 1 aliphatic rings. The molecule has 17 heavy (non-hydrogen) atoms. The van der Waals surface area contributed by atoms with Crippen molar-refractivity contribution in [1.29, 1.82) is 0 Å². The van der Waals surface area contributed by atoms with E-state index in [0.717, 1.165) is 38.9 Å². The van der Waals surface area contributed by atoms with E-state index in [0.29, 0.717) is 19.1 Å². The van der Waals surface area contributed by atoms with Crippen LogP contribution in [0.2, 0.25) is 0 Å². The van der Waals surface area contributed by atoms with Crippen LogP contribution >= 0.6 is 0 Å². The number of ether oxygens (including phenoxy) is 1. The fraction of sp³-hybridized carbons (Fsp3) is 0.917. The van der Waals surface area contributed by atoms with Gasteiger partial charge in [-0.3, -0.25) is 4.79 Å². The lowest BCUT2D eigenvalue weighted by Crippen LogP contribution is -2.37. The van der Waals surface area contributed by atoms with Gasteiger partial charge in [-0.1, -0.05) is 0 Å². The summed E-state index contributed by atoms with van der Waals surface area (Å²) in [6.07, 6.45) is 3.34. The van der Waals surface area contributed by atoms with Crippen LogP contribution < -0.4 is 0 Å². The molecule has 0 amide bonds. The zero-order valence-corrected chi connectivity index (χ0v) is 10.3. The Labute approximate surface area is 102 Å². The Bertz CT molecular complexity index is 223. The van der Waals surface area contributed by atoms with Crippen molar-refractivity contribution in [3.63, 3.8) is 0 Å². The Morgan fingerprint density at radius 3 is 2.94 bits per heavy atom. The van der Waals surface area contributed by atoms with Gasteiger partial charge in [0.15, 0.2) is 0 Å². The highest BCUT2D eigenvalue weighted by atomic mass is 16.5. The molecule has 100 valence electrons. The molecule has 0 radical (unpaired) electrons. The van der Waals surface area contributed by atoms with E-state index in [1.165, 1.54) is 0 Å². The maximum atomic E-state index is 10.5. The number of rotatable bonds is 8. The van der Waals surface area contributed by atoms with Gasteiger partial charge in [-0.25, -0.2) is 0 Å². The van der Waals surface area contributed by atoms with Crippen molar-refractivity contribution in [2.24, 2.45) is 5.92 Å². The number of aliphatic hydroxyl groups is 1. The number of hydrogen-bond acceptors (Lipinski definition) is 4. The molecule has 0 aromatic heterocycles. The van der Waals surface area contributed by atoms with Crippen molar-refractivity contribution in [2.75, 3.05) is 39.5 Å². The number of carboxylic acid groups (broad SMARTS) is 1. The first-order chi connectivity index (χ1) is 8.22. The molecule has 0 bridgehead atoms. The molecule has 1 fully saturated rings. The number of nitrogens with zero attached hydrogens (tertiary/aromatic N) is 1. The molecule has 0 aliphatic carbocycles. The van der Waals surface area contributed by atoms with E-state index in [1.54, 1.807) is 0 Å². The van der Waals surface area contributed by atoms with Crippen LogP contribution in [0.25, 0.3) is 0 Å². The summed E-state index contributed by atoms with van der Waals surface area (Å²) in [6.45, 7) is 4.05. The average Bonchev–Trinajstić information content (AvgIpc) is 2.33. The quantitative estimate of drug-likeness (QED) is 0.612. The molecule has 1 atom stereocenters. The molecule has 1 rings (SSSR count). The molecule has 0 spiro atoms. The summed E-state index contributed by atoms with van der Waals surface area (Å²) < 4.78 is 5.23. The van der Waals surface area contributed by atoms with Crippen LogP contribution in [0, 0.1) is 5.92 Å². The zero-order valence-electron chi connectivity index (χ0n) is 10.3. The monoisotopic (exact) mass is 245 g/mol. The lowest BCUT2D eigenvalue weighted by atomic mass is 9.93. The summed E-state index contributed by atoms with van der Waals surface area (Å²) in [6, 6.07) is 0. The van der Waals surface area contributed by atoms with Crippen LogP contribution in [-0.4, -0.2) is 60.5 Å². The Kier molecular flexibility index (Phi) is 7.16.